The van der Waals surface area contributed by atoms with Gasteiger partial charge in [0, 0.05) is 25.7 Å². The molecule has 0 amide bonds. The van der Waals surface area contributed by atoms with Gasteiger partial charge in [0.1, 0.15) is 5.69 Å². The number of esters is 1. The standard InChI is InChI=1S/C15H20N2O4/c1-4-5-10-16(2)13-8-6-12(7-9-15(18)21-3)11-14(13)17(19)20/h6-9,11H,4-5,10H2,1-3H3/b9-7+. The van der Waals surface area contributed by atoms with E-state index in [1.165, 1.54) is 25.3 Å². The molecule has 114 valence electrons. The SMILES string of the molecule is CCCCN(C)c1ccc(/C=C/C(=O)OC)cc1[N+](=O)[O-]. The van der Waals surface area contributed by atoms with Crippen LogP contribution in [-0.4, -0.2) is 31.6 Å². The first-order valence-corrected chi connectivity index (χ1v) is 6.75. The van der Waals surface area contributed by atoms with Crippen LogP contribution in [0, 0.1) is 10.1 Å². The monoisotopic (exact) mass is 292 g/mol. The van der Waals surface area contributed by atoms with Crippen LogP contribution in [0.4, 0.5) is 11.4 Å². The summed E-state index contributed by atoms with van der Waals surface area (Å²) >= 11 is 0. The molecule has 0 heterocycles. The highest BCUT2D eigenvalue weighted by molar-refractivity contribution is 5.87. The number of unbranched alkanes of at least 4 members (excludes halogenated alkanes) is 1. The largest absolute Gasteiger partial charge is 0.466 e. The average Bonchev–Trinajstić information content (AvgIpc) is 2.49. The Hall–Kier alpha value is -2.37. The Bertz CT molecular complexity index is 540. The number of nitro groups is 1. The number of hydrogen-bond donors (Lipinski definition) is 0. The molecule has 21 heavy (non-hydrogen) atoms. The van der Waals surface area contributed by atoms with Crippen LogP contribution in [0.5, 0.6) is 0 Å². The first-order valence-electron chi connectivity index (χ1n) is 6.75. The molecule has 0 aromatic heterocycles. The van der Waals surface area contributed by atoms with E-state index in [9.17, 15) is 14.9 Å². The maximum absolute atomic E-state index is 11.2. The molecule has 0 fully saturated rings. The number of carbonyl (C=O) groups is 1. The number of hydrogen-bond acceptors (Lipinski definition) is 5. The molecule has 0 unspecified atom stereocenters. The molecule has 0 radical (unpaired) electrons. The zero-order chi connectivity index (χ0) is 15.8. The van der Waals surface area contributed by atoms with Crippen LogP contribution in [0.15, 0.2) is 24.3 Å². The molecule has 1 aromatic rings. The third-order valence-electron chi connectivity index (χ3n) is 3.07. The molecule has 0 aliphatic rings. The highest BCUT2D eigenvalue weighted by atomic mass is 16.6. The van der Waals surface area contributed by atoms with Gasteiger partial charge in [-0.3, -0.25) is 10.1 Å². The fourth-order valence-electron chi connectivity index (χ4n) is 1.86. The van der Waals surface area contributed by atoms with Crippen LogP contribution < -0.4 is 4.90 Å². The second kappa shape index (κ2) is 8.04. The van der Waals surface area contributed by atoms with Crippen molar-refractivity contribution in [3.05, 3.63) is 40.0 Å². The minimum atomic E-state index is -0.498. The normalized spacial score (nSPS) is 10.6. The predicted octanol–water partition coefficient (Wildman–Crippen LogP) is 3.02. The Labute approximate surface area is 124 Å². The zero-order valence-electron chi connectivity index (χ0n) is 12.5. The van der Waals surface area contributed by atoms with E-state index in [0.29, 0.717) is 11.3 Å². The summed E-state index contributed by atoms with van der Waals surface area (Å²) in [6, 6.07) is 4.90. The van der Waals surface area contributed by atoms with Crippen LogP contribution in [-0.2, 0) is 9.53 Å². The van der Waals surface area contributed by atoms with Crippen molar-refractivity contribution >= 4 is 23.4 Å². The molecule has 0 aliphatic heterocycles. The molecule has 0 N–H and O–H groups in total. The Morgan fingerprint density at radius 1 is 1.48 bits per heavy atom. The Morgan fingerprint density at radius 3 is 2.76 bits per heavy atom. The van der Waals surface area contributed by atoms with E-state index in [1.807, 2.05) is 11.9 Å². The third-order valence-corrected chi connectivity index (χ3v) is 3.07. The molecular formula is C15H20N2O4. The molecular weight excluding hydrogens is 272 g/mol. The summed E-state index contributed by atoms with van der Waals surface area (Å²) in [5.41, 5.74) is 1.18. The summed E-state index contributed by atoms with van der Waals surface area (Å²) in [7, 11) is 3.11. The van der Waals surface area contributed by atoms with Gasteiger partial charge in [0.05, 0.1) is 12.0 Å². The molecule has 0 atom stereocenters. The van der Waals surface area contributed by atoms with Gasteiger partial charge in [0.15, 0.2) is 0 Å². The van der Waals surface area contributed by atoms with Gasteiger partial charge in [0.25, 0.3) is 5.69 Å². The molecule has 6 nitrogen and oxygen atoms in total. The number of nitro benzene ring substituents is 1. The molecule has 0 saturated heterocycles. The van der Waals surface area contributed by atoms with E-state index in [0.717, 1.165) is 19.4 Å². The molecule has 0 bridgehead atoms. The molecule has 6 heteroatoms. The second-order valence-electron chi connectivity index (χ2n) is 4.64. The van der Waals surface area contributed by atoms with Crippen LogP contribution in [0.1, 0.15) is 25.3 Å². The Kier molecular flexibility index (Phi) is 6.39. The van der Waals surface area contributed by atoms with Crippen LogP contribution >= 0.6 is 0 Å². The molecule has 0 spiro atoms. The number of ether oxygens (including phenoxy) is 1. The summed E-state index contributed by atoms with van der Waals surface area (Å²) in [6.07, 6.45) is 4.73. The topological polar surface area (TPSA) is 72.7 Å². The van der Waals surface area contributed by atoms with Crippen molar-refractivity contribution in [2.24, 2.45) is 0 Å². The number of carbonyl (C=O) groups excluding carboxylic acids is 1. The average molecular weight is 292 g/mol. The van der Waals surface area contributed by atoms with Gasteiger partial charge in [-0.25, -0.2) is 4.79 Å². The number of methoxy groups -OCH3 is 1. The van der Waals surface area contributed by atoms with Gasteiger partial charge in [0.2, 0.25) is 0 Å². The lowest BCUT2D eigenvalue weighted by Crippen LogP contribution is -2.19. The van der Waals surface area contributed by atoms with Gasteiger partial charge in [-0.05, 0) is 24.1 Å². The lowest BCUT2D eigenvalue weighted by atomic mass is 10.1. The van der Waals surface area contributed by atoms with Crippen molar-refractivity contribution in [2.45, 2.75) is 19.8 Å². The van der Waals surface area contributed by atoms with E-state index in [2.05, 4.69) is 11.7 Å². The predicted molar refractivity (Wildman–Crippen MR) is 82.3 cm³/mol. The first kappa shape index (κ1) is 16.7. The maximum Gasteiger partial charge on any atom is 0.330 e. The molecule has 0 saturated carbocycles. The number of anilines is 1. The molecule has 1 rings (SSSR count). The summed E-state index contributed by atoms with van der Waals surface area (Å²) in [5, 5.41) is 11.2. The summed E-state index contributed by atoms with van der Waals surface area (Å²) in [6.45, 7) is 2.83. The van der Waals surface area contributed by atoms with Crippen molar-refractivity contribution in [1.29, 1.82) is 0 Å². The van der Waals surface area contributed by atoms with Crippen molar-refractivity contribution in [3.63, 3.8) is 0 Å². The van der Waals surface area contributed by atoms with Crippen LogP contribution in [0.3, 0.4) is 0 Å². The summed E-state index contributed by atoms with van der Waals surface area (Å²) in [4.78, 5) is 23.7. The van der Waals surface area contributed by atoms with Crippen molar-refractivity contribution in [1.82, 2.24) is 0 Å². The van der Waals surface area contributed by atoms with E-state index in [1.54, 1.807) is 12.1 Å². The van der Waals surface area contributed by atoms with Gasteiger partial charge in [-0.2, -0.15) is 0 Å². The number of nitrogens with zero attached hydrogens (tertiary/aromatic N) is 2. The van der Waals surface area contributed by atoms with Crippen LogP contribution in [0.25, 0.3) is 6.08 Å². The fourth-order valence-corrected chi connectivity index (χ4v) is 1.86. The molecule has 1 aromatic carbocycles. The zero-order valence-corrected chi connectivity index (χ0v) is 12.5. The smallest absolute Gasteiger partial charge is 0.330 e. The first-order chi connectivity index (χ1) is 9.99. The van der Waals surface area contributed by atoms with Crippen molar-refractivity contribution < 1.29 is 14.5 Å². The van der Waals surface area contributed by atoms with E-state index < -0.39 is 10.9 Å². The minimum Gasteiger partial charge on any atom is -0.466 e. The summed E-state index contributed by atoms with van der Waals surface area (Å²) < 4.78 is 4.49. The van der Waals surface area contributed by atoms with E-state index in [4.69, 9.17) is 0 Å². The lowest BCUT2D eigenvalue weighted by Gasteiger charge is -2.18. The third kappa shape index (κ3) is 4.91. The molecule has 0 aliphatic carbocycles. The van der Waals surface area contributed by atoms with E-state index >= 15 is 0 Å². The van der Waals surface area contributed by atoms with Gasteiger partial charge >= 0.3 is 5.97 Å². The van der Waals surface area contributed by atoms with Crippen LogP contribution in [0.2, 0.25) is 0 Å². The Balaban J connectivity index is 3.04. The fraction of sp³-hybridized carbons (Fsp3) is 0.400. The van der Waals surface area contributed by atoms with Gasteiger partial charge in [-0.1, -0.05) is 19.4 Å². The summed E-state index contributed by atoms with van der Waals surface area (Å²) in [5.74, 6) is -0.498. The quantitative estimate of drug-likeness (QED) is 0.334. The highest BCUT2D eigenvalue weighted by Crippen LogP contribution is 2.29. The highest BCUT2D eigenvalue weighted by Gasteiger charge is 2.17. The van der Waals surface area contributed by atoms with Crippen molar-refractivity contribution in [2.75, 3.05) is 25.6 Å². The van der Waals surface area contributed by atoms with Gasteiger partial charge in [-0.15, -0.1) is 0 Å². The van der Waals surface area contributed by atoms with E-state index in [-0.39, 0.29) is 5.69 Å². The number of rotatable bonds is 7. The number of benzene rings is 1. The van der Waals surface area contributed by atoms with Crippen molar-refractivity contribution in [3.8, 4) is 0 Å². The minimum absolute atomic E-state index is 0.0284. The maximum atomic E-state index is 11.2. The second-order valence-corrected chi connectivity index (χ2v) is 4.64. The van der Waals surface area contributed by atoms with Gasteiger partial charge < -0.3 is 9.64 Å². The lowest BCUT2D eigenvalue weighted by molar-refractivity contribution is -0.384. The Morgan fingerprint density at radius 2 is 2.19 bits per heavy atom.